The predicted molar refractivity (Wildman–Crippen MR) is 284 cm³/mol. The Bertz CT molecular complexity index is 3800. The number of anilines is 2. The van der Waals surface area contributed by atoms with Crippen molar-refractivity contribution in [3.05, 3.63) is 229 Å². The van der Waals surface area contributed by atoms with E-state index in [0.717, 1.165) is 44.2 Å². The summed E-state index contributed by atoms with van der Waals surface area (Å²) < 4.78 is 18.9. The fourth-order valence-corrected chi connectivity index (χ4v) is 10.5. The van der Waals surface area contributed by atoms with Crippen molar-refractivity contribution in [3.8, 4) is 34.8 Å². The van der Waals surface area contributed by atoms with Crippen LogP contribution in [0.3, 0.4) is 0 Å². The van der Waals surface area contributed by atoms with Gasteiger partial charge in [-0.2, -0.15) is 0 Å². The van der Waals surface area contributed by atoms with Crippen LogP contribution in [-0.4, -0.2) is 55.8 Å². The Morgan fingerprint density at radius 3 is 1.88 bits per heavy atom. The lowest BCUT2D eigenvalue weighted by Gasteiger charge is -2.28. The van der Waals surface area contributed by atoms with Gasteiger partial charge in [-0.05, 0) is 136 Å². The predicted octanol–water partition coefficient (Wildman–Crippen LogP) is 10.7. The Kier molecular flexibility index (Phi) is 12.4. The molecule has 75 heavy (non-hydrogen) atoms. The number of nitriles is 1. The zero-order chi connectivity index (χ0) is 52.9. The van der Waals surface area contributed by atoms with Crippen molar-refractivity contribution in [1.29, 1.82) is 5.26 Å². The van der Waals surface area contributed by atoms with Gasteiger partial charge in [-0.1, -0.05) is 81.4 Å². The molecule has 1 aliphatic carbocycles. The average Bonchev–Trinajstić information content (AvgIpc) is 3.91. The molecule has 13 nitrogen and oxygen atoms in total. The highest BCUT2D eigenvalue weighted by atomic mass is 16.5. The summed E-state index contributed by atoms with van der Waals surface area (Å²) in [6, 6.07) is 45.4. The molecule has 0 fully saturated rings. The Hall–Kier alpha value is -9.77. The highest BCUT2D eigenvalue weighted by Crippen LogP contribution is 2.54. The van der Waals surface area contributed by atoms with E-state index < -0.39 is 11.8 Å². The van der Waals surface area contributed by atoms with Gasteiger partial charge in [0.25, 0.3) is 29.3 Å². The molecular formula is C62H48N6O7. The Morgan fingerprint density at radius 2 is 1.23 bits per heavy atom. The monoisotopic (exact) mass is 988 g/mol. The van der Waals surface area contributed by atoms with Crippen LogP contribution in [0.2, 0.25) is 0 Å². The van der Waals surface area contributed by atoms with Crippen LogP contribution in [0, 0.1) is 31.4 Å². The van der Waals surface area contributed by atoms with Crippen molar-refractivity contribution in [1.82, 2.24) is 4.90 Å². The van der Waals surface area contributed by atoms with Gasteiger partial charge in [0.05, 0.1) is 53.7 Å². The number of carbonyl (C=O) groups is 4. The number of carbonyl (C=O) groups excluding carboxylic acids is 4. The van der Waals surface area contributed by atoms with E-state index in [9.17, 15) is 24.4 Å². The quantitative estimate of drug-likeness (QED) is 0.0865. The minimum atomic E-state index is -0.470. The normalized spacial score (nSPS) is 15.8. The number of amides is 4. The van der Waals surface area contributed by atoms with E-state index in [1.54, 1.807) is 72.8 Å². The Balaban J connectivity index is 0.788. The van der Waals surface area contributed by atoms with E-state index >= 15 is 0 Å². The summed E-state index contributed by atoms with van der Waals surface area (Å²) >= 11 is 0. The third-order valence-corrected chi connectivity index (χ3v) is 14.4. The number of hydrogen-bond acceptors (Lipinski definition) is 9. The van der Waals surface area contributed by atoms with Crippen molar-refractivity contribution in [2.75, 3.05) is 37.0 Å². The largest absolute Gasteiger partial charge is 0.491 e. The lowest BCUT2D eigenvalue weighted by molar-refractivity contribution is 0.0692. The molecule has 3 aliphatic rings. The van der Waals surface area contributed by atoms with Gasteiger partial charge in [0.15, 0.2) is 0 Å². The smallest absolute Gasteiger partial charge is 0.268 e. The number of fused-ring (bicyclic) bond motifs is 3. The van der Waals surface area contributed by atoms with Crippen LogP contribution in [-0.2, 0) is 10.8 Å². The maximum absolute atomic E-state index is 14.0. The molecule has 0 N–H and O–H groups in total. The number of ether oxygens (including phenoxy) is 3. The molecule has 0 spiro atoms. The second kappa shape index (κ2) is 19.0. The third kappa shape index (κ3) is 8.79. The zero-order valence-corrected chi connectivity index (χ0v) is 42.0. The number of hydrogen-bond donors (Lipinski definition) is 0. The van der Waals surface area contributed by atoms with Gasteiger partial charge in [-0.15, -0.1) is 0 Å². The molecule has 4 amide bonds. The lowest BCUT2D eigenvalue weighted by Crippen LogP contribution is -2.29. The van der Waals surface area contributed by atoms with Gasteiger partial charge in [0.1, 0.15) is 35.4 Å². The molecule has 13 heteroatoms. The second-order valence-corrected chi connectivity index (χ2v) is 19.7. The first-order valence-corrected chi connectivity index (χ1v) is 24.2. The fraction of sp³-hybridized carbons (Fsp3) is 0.177. The molecule has 0 radical (unpaired) electrons. The Labute approximate surface area is 434 Å². The van der Waals surface area contributed by atoms with E-state index in [-0.39, 0.29) is 39.5 Å². The van der Waals surface area contributed by atoms with E-state index in [1.807, 2.05) is 85.6 Å². The van der Waals surface area contributed by atoms with Gasteiger partial charge in [0.2, 0.25) is 5.70 Å². The van der Waals surface area contributed by atoms with E-state index in [2.05, 4.69) is 42.6 Å². The topological polar surface area (TPSA) is 138 Å². The lowest BCUT2D eigenvalue weighted by atomic mass is 9.75. The second-order valence-electron chi connectivity index (χ2n) is 19.7. The van der Waals surface area contributed by atoms with Gasteiger partial charge in [0, 0.05) is 31.3 Å². The average molecular weight is 989 g/mol. The summed E-state index contributed by atoms with van der Waals surface area (Å²) in [6.45, 7) is 24.4. The molecular weight excluding hydrogens is 941 g/mol. The SMILES string of the molecule is [C-]#[N+]C(C#N)=c1ccc(=C([N+]#[C-])c2ccc(N(C)CCOc3cc(N4C(=O)c5ccc(Oc6ccc([C@@]7(C)CC(C)(C)c8ccc(Oc9ccc%10c(c9)C(=O)N(C)C%10=O)cc87)cc6)cc5C4=O)ccc3C)cc2)cc1. The molecule has 2 heterocycles. The van der Waals surface area contributed by atoms with Crippen molar-refractivity contribution >= 4 is 46.4 Å². The minimum Gasteiger partial charge on any atom is -0.491 e. The molecule has 0 saturated carbocycles. The van der Waals surface area contributed by atoms with Crippen molar-refractivity contribution in [3.63, 3.8) is 0 Å². The first kappa shape index (κ1) is 48.8. The molecule has 368 valence electrons. The third-order valence-electron chi connectivity index (χ3n) is 14.4. The van der Waals surface area contributed by atoms with E-state index in [4.69, 9.17) is 27.4 Å². The molecule has 2 aliphatic heterocycles. The summed E-state index contributed by atoms with van der Waals surface area (Å²) in [5.74, 6) is 0.986. The first-order chi connectivity index (χ1) is 36.0. The number of likely N-dealkylation sites (N-methyl/N-ethyl adjacent to an activating group) is 1. The van der Waals surface area contributed by atoms with Crippen molar-refractivity contribution < 1.29 is 33.4 Å². The number of nitrogens with zero attached hydrogens (tertiary/aromatic N) is 6. The summed E-state index contributed by atoms with van der Waals surface area (Å²) in [6.07, 6.45) is 0.838. The molecule has 7 aromatic rings. The van der Waals surface area contributed by atoms with Gasteiger partial charge in [-0.3, -0.25) is 24.1 Å². The highest BCUT2D eigenvalue weighted by Gasteiger charge is 2.46. The van der Waals surface area contributed by atoms with Crippen LogP contribution in [0.25, 0.3) is 21.1 Å². The minimum absolute atomic E-state index is 0.00451. The summed E-state index contributed by atoms with van der Waals surface area (Å²) in [5, 5.41) is 10.4. The summed E-state index contributed by atoms with van der Waals surface area (Å²) in [7, 11) is 3.41. The van der Waals surface area contributed by atoms with Crippen LogP contribution in [0.1, 0.15) is 96.4 Å². The maximum Gasteiger partial charge on any atom is 0.268 e. The Morgan fingerprint density at radius 1 is 0.653 bits per heavy atom. The van der Waals surface area contributed by atoms with Crippen LogP contribution in [0.15, 0.2) is 146 Å². The summed E-state index contributed by atoms with van der Waals surface area (Å²) in [5.41, 5.74) is 7.38. The van der Waals surface area contributed by atoms with Crippen LogP contribution in [0.5, 0.6) is 28.7 Å². The fourth-order valence-electron chi connectivity index (χ4n) is 10.5. The highest BCUT2D eigenvalue weighted by molar-refractivity contribution is 6.34. The van der Waals surface area contributed by atoms with Gasteiger partial charge in [-0.25, -0.2) is 19.9 Å². The number of imide groups is 2. The van der Waals surface area contributed by atoms with Gasteiger partial charge < -0.3 is 19.1 Å². The molecule has 0 aromatic heterocycles. The van der Waals surface area contributed by atoms with Crippen molar-refractivity contribution in [2.45, 2.75) is 44.9 Å². The van der Waals surface area contributed by atoms with E-state index in [0.29, 0.717) is 74.8 Å². The molecule has 0 bridgehead atoms. The van der Waals surface area contributed by atoms with Crippen LogP contribution >= 0.6 is 0 Å². The van der Waals surface area contributed by atoms with Crippen molar-refractivity contribution in [2.24, 2.45) is 0 Å². The number of rotatable bonds is 12. The zero-order valence-electron chi connectivity index (χ0n) is 42.0. The maximum atomic E-state index is 14.0. The van der Waals surface area contributed by atoms with Crippen LogP contribution in [0.4, 0.5) is 11.4 Å². The molecule has 10 rings (SSSR count). The molecule has 1 atom stereocenters. The molecule has 0 saturated heterocycles. The number of benzene rings is 7. The first-order valence-electron chi connectivity index (χ1n) is 24.2. The summed E-state index contributed by atoms with van der Waals surface area (Å²) in [4.78, 5) is 64.3. The molecule has 0 unspecified atom stereocenters. The van der Waals surface area contributed by atoms with E-state index in [1.165, 1.54) is 12.6 Å². The number of aryl methyl sites for hydroxylation is 1. The molecule has 7 aromatic carbocycles. The standard InChI is InChI=1S/C62H48N6O7/c1-37-9-18-43(31-55(37)73-30-29-66(7)42-19-14-40(15-20-42)56(65-6)39-12-10-38(11-13-39)54(35-63)64-5)68-59(71)49-27-24-45(33-51(49)60(68)72)74-44-21-16-41(17-22-44)62(4)36-61(2,3)52-28-25-47(34-53(52)62)75-46-23-26-48-50(32-46)58(70)67(8)57(48)69/h9-28,31-34H,29-30,36H2,1-4,7-8H3/t62-/m1/s1. The van der Waals surface area contributed by atoms with Crippen LogP contribution < -0.4 is 34.4 Å². The van der Waals surface area contributed by atoms with Gasteiger partial charge >= 0.3 is 0 Å².